The maximum atomic E-state index is 11.6. The lowest BCUT2D eigenvalue weighted by atomic mass is 9.90. The van der Waals surface area contributed by atoms with E-state index in [0.29, 0.717) is 24.5 Å². The molecule has 2 aliphatic rings. The molecule has 0 radical (unpaired) electrons. The molecule has 20 heavy (non-hydrogen) atoms. The molecule has 3 rings (SSSR count). The maximum Gasteiger partial charge on any atom is 0.301 e. The predicted octanol–water partition coefficient (Wildman–Crippen LogP) is 1.03. The summed E-state index contributed by atoms with van der Waals surface area (Å²) >= 11 is 0. The van der Waals surface area contributed by atoms with Crippen molar-refractivity contribution in [2.75, 3.05) is 13.2 Å². The fourth-order valence-electron chi connectivity index (χ4n) is 3.32. The number of furan rings is 1. The molecule has 1 saturated heterocycles. The van der Waals surface area contributed by atoms with Gasteiger partial charge in [0, 0.05) is 24.7 Å². The van der Waals surface area contributed by atoms with Gasteiger partial charge in [0.25, 0.3) is 0 Å². The number of morpholine rings is 1. The summed E-state index contributed by atoms with van der Waals surface area (Å²) in [7, 11) is 0. The van der Waals surface area contributed by atoms with Crippen LogP contribution in [0.3, 0.4) is 0 Å². The zero-order valence-corrected chi connectivity index (χ0v) is 11.5. The van der Waals surface area contributed by atoms with Gasteiger partial charge in [-0.15, -0.1) is 0 Å². The number of fused-ring (bicyclic) bond motifs is 1. The summed E-state index contributed by atoms with van der Waals surface area (Å²) in [5.74, 6) is 5.11. The number of nitrogens with two attached hydrogens (primary N) is 1. The lowest BCUT2D eigenvalue weighted by Gasteiger charge is -2.43. The van der Waals surface area contributed by atoms with Crippen LogP contribution >= 0.6 is 0 Å². The Labute approximate surface area is 118 Å². The van der Waals surface area contributed by atoms with Crippen LogP contribution < -0.4 is 11.3 Å². The standard InChI is InChI=1S/C14H21N3O3/c15-16-14(18)13-10(5-7-20-13)9-17-6-8-19-12-4-2-1-3-11(12)17/h5,7,11-12H,1-4,6,8-9,15H2,(H,16,18). The van der Waals surface area contributed by atoms with E-state index >= 15 is 0 Å². The fraction of sp³-hybridized carbons (Fsp3) is 0.643. The summed E-state index contributed by atoms with van der Waals surface area (Å²) in [6, 6.07) is 2.30. The van der Waals surface area contributed by atoms with Crippen molar-refractivity contribution in [3.05, 3.63) is 23.7 Å². The smallest absolute Gasteiger partial charge is 0.301 e. The van der Waals surface area contributed by atoms with E-state index in [1.165, 1.54) is 19.3 Å². The van der Waals surface area contributed by atoms with Crippen molar-refractivity contribution in [3.8, 4) is 0 Å². The number of carbonyl (C=O) groups is 1. The Balaban J connectivity index is 1.73. The average Bonchev–Trinajstić information content (AvgIpc) is 2.95. The number of rotatable bonds is 3. The van der Waals surface area contributed by atoms with Gasteiger partial charge in [-0.3, -0.25) is 15.1 Å². The van der Waals surface area contributed by atoms with Crippen molar-refractivity contribution < 1.29 is 13.9 Å². The van der Waals surface area contributed by atoms with E-state index in [2.05, 4.69) is 10.3 Å². The molecule has 3 N–H and O–H groups in total. The topological polar surface area (TPSA) is 80.7 Å². The van der Waals surface area contributed by atoms with Crippen LogP contribution in [0.15, 0.2) is 16.7 Å². The first-order valence-corrected chi connectivity index (χ1v) is 7.22. The largest absolute Gasteiger partial charge is 0.459 e. The molecule has 6 nitrogen and oxygen atoms in total. The highest BCUT2D eigenvalue weighted by Crippen LogP contribution is 2.30. The average molecular weight is 279 g/mol. The molecule has 0 spiro atoms. The van der Waals surface area contributed by atoms with Gasteiger partial charge in [0.2, 0.25) is 0 Å². The second kappa shape index (κ2) is 5.95. The second-order valence-corrected chi connectivity index (χ2v) is 5.48. The molecule has 6 heteroatoms. The molecule has 2 unspecified atom stereocenters. The van der Waals surface area contributed by atoms with E-state index in [1.54, 1.807) is 6.26 Å². The Morgan fingerprint density at radius 3 is 3.15 bits per heavy atom. The minimum atomic E-state index is -0.376. The van der Waals surface area contributed by atoms with Crippen molar-refractivity contribution in [1.82, 2.24) is 10.3 Å². The summed E-state index contributed by atoms with van der Waals surface area (Å²) in [6.07, 6.45) is 6.70. The number of hydrogen-bond acceptors (Lipinski definition) is 5. The Morgan fingerprint density at radius 1 is 1.45 bits per heavy atom. The number of nitrogens with one attached hydrogen (secondary N) is 1. The fourth-order valence-corrected chi connectivity index (χ4v) is 3.32. The molecule has 0 bridgehead atoms. The zero-order valence-electron chi connectivity index (χ0n) is 11.5. The number of nitrogens with zero attached hydrogens (tertiary/aromatic N) is 1. The molecule has 1 aliphatic carbocycles. The predicted molar refractivity (Wildman–Crippen MR) is 72.8 cm³/mol. The van der Waals surface area contributed by atoms with Gasteiger partial charge >= 0.3 is 5.91 Å². The van der Waals surface area contributed by atoms with Gasteiger partial charge in [-0.2, -0.15) is 0 Å². The van der Waals surface area contributed by atoms with E-state index in [-0.39, 0.29) is 5.91 Å². The number of hydrazine groups is 1. The third-order valence-corrected chi connectivity index (χ3v) is 4.30. The van der Waals surface area contributed by atoms with Crippen molar-refractivity contribution in [3.63, 3.8) is 0 Å². The second-order valence-electron chi connectivity index (χ2n) is 5.48. The lowest BCUT2D eigenvalue weighted by Crippen LogP contribution is -2.52. The van der Waals surface area contributed by atoms with Gasteiger partial charge < -0.3 is 9.15 Å². The highest BCUT2D eigenvalue weighted by atomic mass is 16.5. The van der Waals surface area contributed by atoms with Crippen molar-refractivity contribution in [2.24, 2.45) is 5.84 Å². The first kappa shape index (κ1) is 13.6. The van der Waals surface area contributed by atoms with Gasteiger partial charge in [-0.05, 0) is 18.9 Å². The normalized spacial score (nSPS) is 27.1. The highest BCUT2D eigenvalue weighted by Gasteiger charge is 2.34. The summed E-state index contributed by atoms with van der Waals surface area (Å²) in [4.78, 5) is 14.1. The van der Waals surface area contributed by atoms with E-state index < -0.39 is 0 Å². The van der Waals surface area contributed by atoms with Gasteiger partial charge in [0.1, 0.15) is 0 Å². The van der Waals surface area contributed by atoms with Gasteiger partial charge in [-0.25, -0.2) is 5.84 Å². The third-order valence-electron chi connectivity index (χ3n) is 4.30. The van der Waals surface area contributed by atoms with Crippen LogP contribution in [0.25, 0.3) is 0 Å². The Kier molecular flexibility index (Phi) is 4.05. The van der Waals surface area contributed by atoms with E-state index in [4.69, 9.17) is 15.0 Å². The molecule has 2 fully saturated rings. The molecule has 1 aromatic rings. The van der Waals surface area contributed by atoms with Gasteiger partial charge in [0.15, 0.2) is 5.76 Å². The minimum Gasteiger partial charge on any atom is -0.459 e. The Hall–Kier alpha value is -1.37. The molecule has 2 atom stereocenters. The van der Waals surface area contributed by atoms with Crippen LogP contribution in [0.1, 0.15) is 41.8 Å². The number of hydrogen-bond donors (Lipinski definition) is 2. The van der Waals surface area contributed by atoms with Crippen LogP contribution in [-0.4, -0.2) is 36.1 Å². The van der Waals surface area contributed by atoms with Crippen LogP contribution in [0, 0.1) is 0 Å². The SMILES string of the molecule is NNC(=O)c1occc1CN1CCOC2CCCCC21. The summed E-state index contributed by atoms with van der Waals surface area (Å²) in [5, 5.41) is 0. The number of ether oxygens (including phenoxy) is 1. The van der Waals surface area contributed by atoms with Crippen molar-refractivity contribution in [2.45, 2.75) is 44.4 Å². The quantitative estimate of drug-likeness (QED) is 0.490. The first-order chi connectivity index (χ1) is 9.79. The Bertz CT molecular complexity index is 472. The van der Waals surface area contributed by atoms with Gasteiger partial charge in [0.05, 0.1) is 19.0 Å². The molecule has 1 aliphatic heterocycles. The van der Waals surface area contributed by atoms with E-state index in [1.807, 2.05) is 6.07 Å². The number of nitrogen functional groups attached to an aromatic ring is 1. The van der Waals surface area contributed by atoms with Crippen LogP contribution in [0.4, 0.5) is 0 Å². The summed E-state index contributed by atoms with van der Waals surface area (Å²) < 4.78 is 11.1. The third kappa shape index (κ3) is 2.59. The van der Waals surface area contributed by atoms with Gasteiger partial charge in [-0.1, -0.05) is 12.8 Å². The summed E-state index contributed by atoms with van der Waals surface area (Å²) in [6.45, 7) is 2.37. The lowest BCUT2D eigenvalue weighted by molar-refractivity contribution is -0.0911. The first-order valence-electron chi connectivity index (χ1n) is 7.22. The molecule has 1 amide bonds. The number of amides is 1. The monoisotopic (exact) mass is 279 g/mol. The number of carbonyl (C=O) groups excluding carboxylic acids is 1. The molecular weight excluding hydrogens is 258 g/mol. The molecule has 0 aromatic carbocycles. The molecule has 1 saturated carbocycles. The van der Waals surface area contributed by atoms with Crippen molar-refractivity contribution in [1.29, 1.82) is 0 Å². The van der Waals surface area contributed by atoms with Crippen LogP contribution in [0.2, 0.25) is 0 Å². The van der Waals surface area contributed by atoms with Crippen molar-refractivity contribution >= 4 is 5.91 Å². The van der Waals surface area contributed by atoms with E-state index in [9.17, 15) is 4.79 Å². The zero-order chi connectivity index (χ0) is 13.9. The minimum absolute atomic E-state index is 0.311. The Morgan fingerprint density at radius 2 is 2.30 bits per heavy atom. The molecular formula is C14H21N3O3. The van der Waals surface area contributed by atoms with Crippen LogP contribution in [0.5, 0.6) is 0 Å². The molecule has 110 valence electrons. The van der Waals surface area contributed by atoms with Crippen LogP contribution in [-0.2, 0) is 11.3 Å². The summed E-state index contributed by atoms with van der Waals surface area (Å²) in [5.41, 5.74) is 3.01. The maximum absolute atomic E-state index is 11.6. The van der Waals surface area contributed by atoms with E-state index in [0.717, 1.165) is 25.1 Å². The molecule has 1 aromatic heterocycles. The molecule has 2 heterocycles. The highest BCUT2D eigenvalue weighted by molar-refractivity contribution is 5.92.